The molecule has 3 heterocycles. The highest BCUT2D eigenvalue weighted by molar-refractivity contribution is 6.36. The van der Waals surface area contributed by atoms with Crippen LogP contribution in [0.5, 0.6) is 0 Å². The van der Waals surface area contributed by atoms with Gasteiger partial charge in [-0.05, 0) is 30.3 Å². The summed E-state index contributed by atoms with van der Waals surface area (Å²) in [4.78, 5) is 27.2. The Morgan fingerprint density at radius 1 is 1.00 bits per heavy atom. The van der Waals surface area contributed by atoms with E-state index >= 15 is 0 Å². The minimum absolute atomic E-state index is 0.0354. The Kier molecular flexibility index (Phi) is 8.52. The SMILES string of the molecule is O=C(NC(c1cccc[nH+]1)C(F)(F)F)c1[nH]c(-c2ccc(Cl)cc2Cl)[n+]2ccccc12.O=C([O-])C(F)(F)F. The van der Waals surface area contributed by atoms with Gasteiger partial charge in [-0.1, -0.05) is 35.3 Å². The van der Waals surface area contributed by atoms with E-state index in [1.54, 1.807) is 53.1 Å². The molecule has 0 fully saturated rings. The van der Waals surface area contributed by atoms with Crippen molar-refractivity contribution in [2.24, 2.45) is 0 Å². The molecule has 0 aliphatic heterocycles. The number of carbonyl (C=O) groups is 2. The number of benzene rings is 1. The Hall–Kier alpha value is -3.84. The van der Waals surface area contributed by atoms with E-state index in [0.717, 1.165) is 0 Å². The summed E-state index contributed by atoms with van der Waals surface area (Å²) in [5.41, 5.74) is 0.702. The van der Waals surface area contributed by atoms with Crippen molar-refractivity contribution in [2.75, 3.05) is 0 Å². The number of amides is 1. The fourth-order valence-corrected chi connectivity index (χ4v) is 3.76. The van der Waals surface area contributed by atoms with Crippen molar-refractivity contribution in [3.63, 3.8) is 0 Å². The predicted molar refractivity (Wildman–Crippen MR) is 120 cm³/mol. The number of aliphatic carboxylic acids is 1. The largest absolute Gasteiger partial charge is 0.542 e. The summed E-state index contributed by atoms with van der Waals surface area (Å²) in [5.74, 6) is -3.50. The number of rotatable bonds is 4. The number of aromatic nitrogens is 3. The smallest absolute Gasteiger partial charge is 0.430 e. The van der Waals surface area contributed by atoms with Gasteiger partial charge in [0.15, 0.2) is 11.7 Å². The Labute approximate surface area is 219 Å². The number of halogens is 8. The second-order valence-electron chi connectivity index (χ2n) is 7.48. The number of carboxylic acids is 1. The number of fused-ring (bicyclic) bond motifs is 1. The Balaban J connectivity index is 0.000000505. The van der Waals surface area contributed by atoms with E-state index in [9.17, 15) is 31.1 Å². The molecule has 38 heavy (non-hydrogen) atoms. The summed E-state index contributed by atoms with van der Waals surface area (Å²) in [6.07, 6.45) is -6.86. The molecule has 0 saturated heterocycles. The maximum atomic E-state index is 13.7. The zero-order valence-corrected chi connectivity index (χ0v) is 20.1. The highest BCUT2D eigenvalue weighted by atomic mass is 35.5. The van der Waals surface area contributed by atoms with Crippen LogP contribution in [-0.4, -0.2) is 29.2 Å². The van der Waals surface area contributed by atoms with Crippen molar-refractivity contribution in [1.29, 1.82) is 0 Å². The van der Waals surface area contributed by atoms with Crippen LogP contribution in [-0.2, 0) is 4.79 Å². The lowest BCUT2D eigenvalue weighted by atomic mass is 10.1. The fraction of sp³-hybridized carbons (Fsp3) is 0.130. The van der Waals surface area contributed by atoms with Crippen LogP contribution in [0.3, 0.4) is 0 Å². The number of hydrogen-bond acceptors (Lipinski definition) is 3. The molecule has 0 bridgehead atoms. The lowest BCUT2D eigenvalue weighted by molar-refractivity contribution is -0.498. The van der Waals surface area contributed by atoms with E-state index < -0.39 is 30.3 Å². The number of nitrogens with zero attached hydrogens (tertiary/aromatic N) is 1. The van der Waals surface area contributed by atoms with Gasteiger partial charge >= 0.3 is 12.4 Å². The lowest BCUT2D eigenvalue weighted by Crippen LogP contribution is -2.41. The van der Waals surface area contributed by atoms with Gasteiger partial charge in [0.25, 0.3) is 11.7 Å². The number of hydrogen-bond donors (Lipinski definition) is 2. The maximum Gasteiger partial charge on any atom is 0.430 e. The standard InChI is InChI=1S/C21H13Cl2F3N4O.C2HF3O2/c22-12-7-8-13(14(23)11-12)19-28-17(16-6-2-4-10-30(16)19)20(31)29-18(21(24,25)26)15-5-1-3-9-27-15;3-2(4,5)1(6)7/h1-11,18H,(H,29,31);(H,6,7)/p+1. The van der Waals surface area contributed by atoms with Crippen LogP contribution in [0, 0.1) is 0 Å². The van der Waals surface area contributed by atoms with Crippen molar-refractivity contribution >= 4 is 40.6 Å². The predicted octanol–water partition coefficient (Wildman–Crippen LogP) is 3.87. The van der Waals surface area contributed by atoms with Crippen LogP contribution < -0.4 is 19.8 Å². The number of H-pyrrole nitrogens is 2. The number of aromatic amines is 2. The number of carboxylic acid groups (broad SMARTS) is 1. The number of pyridine rings is 2. The number of alkyl halides is 6. The van der Waals surface area contributed by atoms with Gasteiger partial charge in [-0.25, -0.2) is 9.97 Å². The van der Waals surface area contributed by atoms with E-state index in [0.29, 0.717) is 26.9 Å². The van der Waals surface area contributed by atoms with Crippen LogP contribution >= 0.6 is 23.2 Å². The highest BCUT2D eigenvalue weighted by Gasteiger charge is 2.46. The van der Waals surface area contributed by atoms with Gasteiger partial charge in [0, 0.05) is 17.2 Å². The van der Waals surface area contributed by atoms with Crippen LogP contribution in [0.2, 0.25) is 10.0 Å². The summed E-state index contributed by atoms with van der Waals surface area (Å²) in [6, 6.07) is 11.9. The molecule has 0 aliphatic carbocycles. The molecule has 4 aromatic rings. The molecule has 0 spiro atoms. The molecule has 1 atom stereocenters. The third-order valence-corrected chi connectivity index (χ3v) is 5.44. The molecule has 7 nitrogen and oxygen atoms in total. The van der Waals surface area contributed by atoms with E-state index in [4.69, 9.17) is 33.1 Å². The average Bonchev–Trinajstić information content (AvgIpc) is 3.22. The second kappa shape index (κ2) is 11.3. The minimum atomic E-state index is -5.19. The molecule has 3 N–H and O–H groups in total. The Morgan fingerprint density at radius 3 is 2.21 bits per heavy atom. The normalized spacial score (nSPS) is 12.4. The number of nitrogens with one attached hydrogen (secondary N) is 3. The molecule has 200 valence electrons. The van der Waals surface area contributed by atoms with Crippen molar-refractivity contribution in [3.8, 4) is 11.4 Å². The molecule has 1 amide bonds. The average molecular weight is 580 g/mol. The molecule has 0 aliphatic rings. The Morgan fingerprint density at radius 2 is 1.66 bits per heavy atom. The highest BCUT2D eigenvalue weighted by Crippen LogP contribution is 2.32. The maximum absolute atomic E-state index is 13.7. The summed E-state index contributed by atoms with van der Waals surface area (Å²) in [6.45, 7) is 0. The van der Waals surface area contributed by atoms with Gasteiger partial charge in [-0.3, -0.25) is 4.79 Å². The minimum Gasteiger partial charge on any atom is -0.542 e. The first-order chi connectivity index (χ1) is 17.7. The van der Waals surface area contributed by atoms with E-state index in [-0.39, 0.29) is 11.4 Å². The third kappa shape index (κ3) is 6.72. The topological polar surface area (TPSA) is 103 Å². The summed E-state index contributed by atoms with van der Waals surface area (Å²) < 4.78 is 74.2. The number of carbonyl (C=O) groups excluding carboxylic acids is 2. The molecule has 0 saturated carbocycles. The van der Waals surface area contributed by atoms with Crippen molar-refractivity contribution < 1.29 is 50.4 Å². The number of imidazole rings is 1. The lowest BCUT2D eigenvalue weighted by Gasteiger charge is -2.17. The van der Waals surface area contributed by atoms with Gasteiger partial charge in [-0.15, -0.1) is 0 Å². The molecule has 1 unspecified atom stereocenters. The quantitative estimate of drug-likeness (QED) is 0.283. The van der Waals surface area contributed by atoms with E-state index in [2.05, 4.69) is 15.3 Å². The zero-order chi connectivity index (χ0) is 28.3. The Bertz CT molecular complexity index is 1460. The fourth-order valence-electron chi connectivity index (χ4n) is 3.26. The summed E-state index contributed by atoms with van der Waals surface area (Å²) in [5, 5.41) is 11.6. The van der Waals surface area contributed by atoms with Crippen molar-refractivity contribution in [1.82, 2.24) is 10.3 Å². The van der Waals surface area contributed by atoms with Crippen molar-refractivity contribution in [2.45, 2.75) is 18.4 Å². The molecule has 3 aromatic heterocycles. The van der Waals surface area contributed by atoms with Gasteiger partial charge in [0.2, 0.25) is 17.4 Å². The van der Waals surface area contributed by atoms with Crippen LogP contribution in [0.1, 0.15) is 22.2 Å². The van der Waals surface area contributed by atoms with Gasteiger partial charge in [-0.2, -0.15) is 30.7 Å². The molecular weight excluding hydrogens is 565 g/mol. The van der Waals surface area contributed by atoms with Gasteiger partial charge < -0.3 is 15.2 Å². The van der Waals surface area contributed by atoms with E-state index in [1.165, 1.54) is 18.3 Å². The van der Waals surface area contributed by atoms with Gasteiger partial charge in [0.05, 0.1) is 16.8 Å². The van der Waals surface area contributed by atoms with Crippen molar-refractivity contribution in [3.05, 3.63) is 88.4 Å². The van der Waals surface area contributed by atoms with Crippen LogP contribution in [0.4, 0.5) is 26.3 Å². The summed E-state index contributed by atoms with van der Waals surface area (Å²) in [7, 11) is 0. The first-order valence-corrected chi connectivity index (χ1v) is 11.1. The van der Waals surface area contributed by atoms with Crippen LogP contribution in [0.15, 0.2) is 67.0 Å². The molecule has 0 radical (unpaired) electrons. The molecule has 15 heteroatoms. The molecular formula is C23H15Cl2F6N4O3+. The first kappa shape index (κ1) is 28.7. The van der Waals surface area contributed by atoms with Crippen LogP contribution in [0.25, 0.3) is 16.9 Å². The second-order valence-corrected chi connectivity index (χ2v) is 8.32. The van der Waals surface area contributed by atoms with Gasteiger partial charge in [0.1, 0.15) is 5.97 Å². The van der Waals surface area contributed by atoms with E-state index in [1.807, 2.05) is 0 Å². The zero-order valence-electron chi connectivity index (χ0n) is 18.6. The first-order valence-electron chi connectivity index (χ1n) is 10.3. The third-order valence-electron chi connectivity index (χ3n) is 4.89. The monoisotopic (exact) mass is 579 g/mol. The molecule has 1 aromatic carbocycles. The molecule has 4 rings (SSSR count). The summed E-state index contributed by atoms with van der Waals surface area (Å²) >= 11 is 12.3.